The molecular weight excluding hydrogens is 430 g/mol. The van der Waals surface area contributed by atoms with Crippen molar-refractivity contribution in [2.75, 3.05) is 13.7 Å². The molecule has 1 atom stereocenters. The first-order chi connectivity index (χ1) is 14.1. The molecule has 4 nitrogen and oxygen atoms in total. The zero-order chi connectivity index (χ0) is 20.6. The summed E-state index contributed by atoms with van der Waals surface area (Å²) in [5.74, 6) is 1.37. The summed E-state index contributed by atoms with van der Waals surface area (Å²) in [5, 5.41) is 13.6. The lowest BCUT2D eigenvalue weighted by Gasteiger charge is -2.16. The van der Waals surface area contributed by atoms with Crippen LogP contribution < -0.4 is 14.8 Å². The number of methoxy groups -OCH3 is 1. The molecular formula is C24H26BrNO3. The molecule has 0 radical (unpaired) electrons. The fraction of sp³-hybridized carbons (Fsp3) is 0.250. The molecule has 0 aliphatic rings. The van der Waals surface area contributed by atoms with E-state index in [-0.39, 0.29) is 0 Å². The molecule has 0 spiro atoms. The van der Waals surface area contributed by atoms with Crippen molar-refractivity contribution in [3.05, 3.63) is 93.5 Å². The molecule has 3 rings (SSSR count). The van der Waals surface area contributed by atoms with Gasteiger partial charge in [0.15, 0.2) is 11.5 Å². The number of halogens is 1. The number of benzene rings is 3. The van der Waals surface area contributed by atoms with E-state index in [1.54, 1.807) is 7.11 Å². The SMILES string of the molecule is COc1cc(CNCC(O)c2ccccc2)c(Br)cc1OCc1cccc(C)c1. The molecule has 0 bridgehead atoms. The normalized spacial score (nSPS) is 11.9. The highest BCUT2D eigenvalue weighted by atomic mass is 79.9. The number of hydrogen-bond acceptors (Lipinski definition) is 4. The molecule has 0 saturated heterocycles. The summed E-state index contributed by atoms with van der Waals surface area (Å²) in [6.07, 6.45) is -0.547. The van der Waals surface area contributed by atoms with Crippen molar-refractivity contribution in [3.8, 4) is 11.5 Å². The lowest BCUT2D eigenvalue weighted by Crippen LogP contribution is -2.21. The summed E-state index contributed by atoms with van der Waals surface area (Å²) < 4.78 is 12.4. The summed E-state index contributed by atoms with van der Waals surface area (Å²) in [4.78, 5) is 0. The van der Waals surface area contributed by atoms with E-state index in [4.69, 9.17) is 9.47 Å². The minimum atomic E-state index is -0.547. The van der Waals surface area contributed by atoms with E-state index in [0.717, 1.165) is 21.2 Å². The van der Waals surface area contributed by atoms with Gasteiger partial charge in [0.25, 0.3) is 0 Å². The predicted molar refractivity (Wildman–Crippen MR) is 119 cm³/mol. The standard InChI is InChI=1S/C24H26BrNO3/c1-17-7-6-8-18(11-17)16-29-24-13-21(25)20(12-23(24)28-2)14-26-15-22(27)19-9-4-3-5-10-19/h3-13,22,26-27H,14-16H2,1-2H3. The van der Waals surface area contributed by atoms with Gasteiger partial charge in [0, 0.05) is 17.6 Å². The van der Waals surface area contributed by atoms with E-state index in [2.05, 4.69) is 40.3 Å². The second kappa shape index (κ2) is 10.4. The first kappa shape index (κ1) is 21.4. The third kappa shape index (κ3) is 6.07. The molecule has 29 heavy (non-hydrogen) atoms. The fourth-order valence-electron chi connectivity index (χ4n) is 3.08. The molecule has 0 aromatic heterocycles. The van der Waals surface area contributed by atoms with Crippen LogP contribution in [0, 0.1) is 6.92 Å². The highest BCUT2D eigenvalue weighted by molar-refractivity contribution is 9.10. The maximum Gasteiger partial charge on any atom is 0.162 e. The first-order valence-electron chi connectivity index (χ1n) is 9.55. The van der Waals surface area contributed by atoms with Crippen LogP contribution in [0.15, 0.2) is 71.2 Å². The van der Waals surface area contributed by atoms with Gasteiger partial charge < -0.3 is 19.9 Å². The van der Waals surface area contributed by atoms with Crippen LogP contribution >= 0.6 is 15.9 Å². The van der Waals surface area contributed by atoms with Gasteiger partial charge in [0.1, 0.15) is 6.61 Å². The van der Waals surface area contributed by atoms with Crippen molar-refractivity contribution >= 4 is 15.9 Å². The molecule has 3 aromatic rings. The van der Waals surface area contributed by atoms with Gasteiger partial charge in [-0.1, -0.05) is 76.1 Å². The topological polar surface area (TPSA) is 50.7 Å². The second-order valence-electron chi connectivity index (χ2n) is 6.93. The third-order valence-corrected chi connectivity index (χ3v) is 5.39. The summed E-state index contributed by atoms with van der Waals surface area (Å²) >= 11 is 3.62. The summed E-state index contributed by atoms with van der Waals surface area (Å²) in [6, 6.07) is 21.8. The van der Waals surface area contributed by atoms with Crippen LogP contribution in [0.25, 0.3) is 0 Å². The minimum Gasteiger partial charge on any atom is -0.493 e. The molecule has 0 aliphatic carbocycles. The lowest BCUT2D eigenvalue weighted by atomic mass is 10.1. The Hall–Kier alpha value is -2.34. The van der Waals surface area contributed by atoms with E-state index in [9.17, 15) is 5.11 Å². The molecule has 152 valence electrons. The largest absolute Gasteiger partial charge is 0.493 e. The van der Waals surface area contributed by atoms with Crippen molar-refractivity contribution in [1.29, 1.82) is 0 Å². The van der Waals surface area contributed by atoms with E-state index < -0.39 is 6.10 Å². The van der Waals surface area contributed by atoms with Gasteiger partial charge in [-0.2, -0.15) is 0 Å². The Morgan fingerprint density at radius 2 is 1.79 bits per heavy atom. The molecule has 0 heterocycles. The number of aliphatic hydroxyl groups is 1. The van der Waals surface area contributed by atoms with Gasteiger partial charge in [0.2, 0.25) is 0 Å². The highest BCUT2D eigenvalue weighted by Gasteiger charge is 2.12. The molecule has 3 aromatic carbocycles. The van der Waals surface area contributed by atoms with Gasteiger partial charge in [-0.25, -0.2) is 0 Å². The quantitative estimate of drug-likeness (QED) is 0.467. The molecule has 0 aliphatic heterocycles. The predicted octanol–water partition coefficient (Wildman–Crippen LogP) is 5.17. The Morgan fingerprint density at radius 1 is 1.00 bits per heavy atom. The molecule has 1 unspecified atom stereocenters. The van der Waals surface area contributed by atoms with E-state index >= 15 is 0 Å². The maximum absolute atomic E-state index is 10.3. The lowest BCUT2D eigenvalue weighted by molar-refractivity contribution is 0.174. The Labute approximate surface area is 180 Å². The number of rotatable bonds is 9. The van der Waals surface area contributed by atoms with Crippen molar-refractivity contribution in [2.45, 2.75) is 26.2 Å². The molecule has 5 heteroatoms. The Bertz CT molecular complexity index is 931. The fourth-order valence-corrected chi connectivity index (χ4v) is 3.55. The van der Waals surface area contributed by atoms with Crippen LogP contribution in [-0.4, -0.2) is 18.8 Å². The maximum atomic E-state index is 10.3. The van der Waals surface area contributed by atoms with Crippen LogP contribution in [0.1, 0.15) is 28.4 Å². The number of aryl methyl sites for hydroxylation is 1. The number of hydrogen-bond donors (Lipinski definition) is 2. The van der Waals surface area contributed by atoms with Crippen molar-refractivity contribution in [1.82, 2.24) is 5.32 Å². The summed E-state index contributed by atoms with van der Waals surface area (Å²) in [7, 11) is 1.64. The number of aliphatic hydroxyl groups excluding tert-OH is 1. The van der Waals surface area contributed by atoms with E-state index in [1.165, 1.54) is 5.56 Å². The van der Waals surface area contributed by atoms with E-state index in [0.29, 0.717) is 31.2 Å². The van der Waals surface area contributed by atoms with Crippen LogP contribution in [0.5, 0.6) is 11.5 Å². The van der Waals surface area contributed by atoms with Crippen molar-refractivity contribution < 1.29 is 14.6 Å². The average Bonchev–Trinajstić information content (AvgIpc) is 2.74. The van der Waals surface area contributed by atoms with Gasteiger partial charge in [-0.3, -0.25) is 0 Å². The monoisotopic (exact) mass is 455 g/mol. The van der Waals surface area contributed by atoms with Crippen LogP contribution in [0.3, 0.4) is 0 Å². The van der Waals surface area contributed by atoms with Crippen LogP contribution in [0.2, 0.25) is 0 Å². The van der Waals surface area contributed by atoms with Crippen molar-refractivity contribution in [2.24, 2.45) is 0 Å². The zero-order valence-electron chi connectivity index (χ0n) is 16.7. The average molecular weight is 456 g/mol. The smallest absolute Gasteiger partial charge is 0.162 e. The number of nitrogens with one attached hydrogen (secondary N) is 1. The van der Waals surface area contributed by atoms with Gasteiger partial charge in [0.05, 0.1) is 13.2 Å². The van der Waals surface area contributed by atoms with Crippen LogP contribution in [0.4, 0.5) is 0 Å². The Kier molecular flexibility index (Phi) is 7.69. The highest BCUT2D eigenvalue weighted by Crippen LogP contribution is 2.34. The van der Waals surface area contributed by atoms with Crippen molar-refractivity contribution in [3.63, 3.8) is 0 Å². The third-order valence-electron chi connectivity index (χ3n) is 4.65. The second-order valence-corrected chi connectivity index (χ2v) is 7.78. The summed E-state index contributed by atoms with van der Waals surface area (Å²) in [6.45, 7) is 3.60. The molecule has 2 N–H and O–H groups in total. The molecule has 0 amide bonds. The van der Waals surface area contributed by atoms with Crippen LogP contribution in [-0.2, 0) is 13.2 Å². The van der Waals surface area contributed by atoms with E-state index in [1.807, 2.05) is 54.6 Å². The Morgan fingerprint density at radius 3 is 2.52 bits per heavy atom. The van der Waals surface area contributed by atoms with Gasteiger partial charge >= 0.3 is 0 Å². The summed E-state index contributed by atoms with van der Waals surface area (Å²) in [5.41, 5.74) is 4.25. The number of ether oxygens (including phenoxy) is 2. The first-order valence-corrected chi connectivity index (χ1v) is 10.3. The molecule has 0 saturated carbocycles. The molecule has 0 fully saturated rings. The Balaban J connectivity index is 1.61. The van der Waals surface area contributed by atoms with Gasteiger partial charge in [-0.05, 0) is 35.7 Å². The zero-order valence-corrected chi connectivity index (χ0v) is 18.3. The van der Waals surface area contributed by atoms with Gasteiger partial charge in [-0.15, -0.1) is 0 Å². The minimum absolute atomic E-state index is 0.463.